The van der Waals surface area contributed by atoms with Gasteiger partial charge in [-0.3, -0.25) is 14.5 Å². The van der Waals surface area contributed by atoms with E-state index in [0.717, 1.165) is 41.3 Å². The van der Waals surface area contributed by atoms with Crippen LogP contribution in [-0.4, -0.2) is 89.9 Å². The summed E-state index contributed by atoms with van der Waals surface area (Å²) in [5.74, 6) is -1.99. The normalized spacial score (nSPS) is 16.2. The zero-order valence-corrected chi connectivity index (χ0v) is 23.9. The molecule has 0 aliphatic carbocycles. The first-order chi connectivity index (χ1) is 20.0. The van der Waals surface area contributed by atoms with Crippen molar-refractivity contribution < 1.29 is 53.8 Å². The van der Waals surface area contributed by atoms with Gasteiger partial charge in [0.25, 0.3) is 0 Å². The molecular formula is C30H35NO11. The number of methoxy groups -OCH3 is 4. The van der Waals surface area contributed by atoms with Gasteiger partial charge in [0.1, 0.15) is 0 Å². The monoisotopic (exact) mass is 585 g/mol. The second-order valence-electron chi connectivity index (χ2n) is 10.4. The van der Waals surface area contributed by atoms with Gasteiger partial charge in [-0.25, -0.2) is 4.79 Å². The van der Waals surface area contributed by atoms with Gasteiger partial charge in [0, 0.05) is 12.6 Å². The zero-order valence-electron chi connectivity index (χ0n) is 23.9. The summed E-state index contributed by atoms with van der Waals surface area (Å²) >= 11 is 0. The Labute approximate surface area is 242 Å². The fourth-order valence-corrected chi connectivity index (χ4v) is 5.93. The Bertz CT molecular complexity index is 1430. The van der Waals surface area contributed by atoms with Crippen molar-refractivity contribution in [2.24, 2.45) is 0 Å². The van der Waals surface area contributed by atoms with Crippen molar-refractivity contribution in [2.75, 3.05) is 35.0 Å². The summed E-state index contributed by atoms with van der Waals surface area (Å²) in [5, 5.41) is 38.6. The molecular weight excluding hydrogens is 550 g/mol. The Kier molecular flexibility index (Phi) is 8.97. The third-order valence-electron chi connectivity index (χ3n) is 7.94. The minimum atomic E-state index is -2.74. The largest absolute Gasteiger partial charge is 0.493 e. The number of hydrogen-bond acceptors (Lipinski definition) is 9. The summed E-state index contributed by atoms with van der Waals surface area (Å²) in [6.07, 6.45) is 1.34. The number of benzene rings is 3. The molecule has 3 aromatic rings. The van der Waals surface area contributed by atoms with Gasteiger partial charge in [-0.2, -0.15) is 0 Å². The van der Waals surface area contributed by atoms with E-state index in [1.54, 1.807) is 28.4 Å². The molecule has 42 heavy (non-hydrogen) atoms. The highest BCUT2D eigenvalue weighted by Crippen LogP contribution is 2.46. The van der Waals surface area contributed by atoms with Crippen molar-refractivity contribution in [1.82, 2.24) is 4.90 Å². The molecule has 2 heterocycles. The van der Waals surface area contributed by atoms with E-state index < -0.39 is 36.4 Å². The first kappa shape index (κ1) is 30.7. The molecule has 1 atom stereocenters. The van der Waals surface area contributed by atoms with Crippen LogP contribution in [0.4, 0.5) is 0 Å². The van der Waals surface area contributed by atoms with E-state index in [2.05, 4.69) is 29.2 Å². The average molecular weight is 586 g/mol. The van der Waals surface area contributed by atoms with Crippen LogP contribution in [0.3, 0.4) is 0 Å². The van der Waals surface area contributed by atoms with Crippen LogP contribution in [0.2, 0.25) is 0 Å². The predicted molar refractivity (Wildman–Crippen MR) is 152 cm³/mol. The van der Waals surface area contributed by atoms with Gasteiger partial charge < -0.3 is 39.4 Å². The van der Waals surface area contributed by atoms with Crippen LogP contribution in [-0.2, 0) is 27.3 Å². The molecule has 0 bridgehead atoms. The number of rotatable bonds is 9. The van der Waals surface area contributed by atoms with Crippen molar-refractivity contribution in [3.8, 4) is 23.0 Å². The molecule has 0 amide bonds. The van der Waals surface area contributed by atoms with Crippen LogP contribution in [0.25, 0.3) is 21.5 Å². The summed E-state index contributed by atoms with van der Waals surface area (Å²) < 4.78 is 22.5. The lowest BCUT2D eigenvalue weighted by atomic mass is 9.85. The Morgan fingerprint density at radius 1 is 0.762 bits per heavy atom. The highest BCUT2D eigenvalue weighted by atomic mass is 16.5. The molecule has 0 spiro atoms. The summed E-state index contributed by atoms with van der Waals surface area (Å²) in [5.41, 5.74) is 0.0974. The number of carboxylic acid groups (broad SMARTS) is 3. The van der Waals surface area contributed by atoms with E-state index >= 15 is 0 Å². The van der Waals surface area contributed by atoms with Gasteiger partial charge in [0.15, 0.2) is 28.6 Å². The van der Waals surface area contributed by atoms with E-state index in [4.69, 9.17) is 39.4 Å². The first-order valence-electron chi connectivity index (χ1n) is 13.3. The lowest BCUT2D eigenvalue weighted by Gasteiger charge is -2.33. The molecule has 1 saturated heterocycles. The number of carbonyl (C=O) groups is 3. The second-order valence-corrected chi connectivity index (χ2v) is 10.4. The Balaban J connectivity index is 0.000000266. The minimum Gasteiger partial charge on any atom is -0.493 e. The Morgan fingerprint density at radius 3 is 1.60 bits per heavy atom. The van der Waals surface area contributed by atoms with Gasteiger partial charge in [-0.05, 0) is 82.7 Å². The van der Waals surface area contributed by atoms with Crippen LogP contribution in [0, 0.1) is 0 Å². The van der Waals surface area contributed by atoms with Crippen LogP contribution >= 0.6 is 0 Å². The average Bonchev–Trinajstić information content (AvgIpc) is 3.42. The molecule has 226 valence electrons. The fourth-order valence-electron chi connectivity index (χ4n) is 5.93. The zero-order chi connectivity index (χ0) is 30.8. The minimum absolute atomic E-state index is 0.636. The quantitative estimate of drug-likeness (QED) is 0.270. The molecule has 12 heteroatoms. The van der Waals surface area contributed by atoms with Gasteiger partial charge in [-0.15, -0.1) is 0 Å². The fraction of sp³-hybridized carbons (Fsp3) is 0.433. The Hall–Kier alpha value is -4.29. The smallest absolute Gasteiger partial charge is 0.336 e. The molecule has 0 aromatic heterocycles. The lowest BCUT2D eigenvalue weighted by Crippen LogP contribution is -2.42. The number of aliphatic hydroxyl groups is 1. The van der Waals surface area contributed by atoms with Gasteiger partial charge in [0.2, 0.25) is 0 Å². The molecule has 0 saturated carbocycles. The maximum atomic E-state index is 10.3. The van der Waals surface area contributed by atoms with E-state index in [1.807, 2.05) is 0 Å². The van der Waals surface area contributed by atoms with Crippen LogP contribution in [0.1, 0.15) is 36.8 Å². The van der Waals surface area contributed by atoms with Gasteiger partial charge >= 0.3 is 17.9 Å². The SMILES string of the molecule is COc1cc2c3c(c4cc(OC)c(OC)cc4c2cc1OC)CN1CCCC1C3.O=C(O)CC(O)(CC(=O)O)C(=O)O. The molecule has 3 aromatic carbocycles. The molecule has 0 radical (unpaired) electrons. The van der Waals surface area contributed by atoms with Crippen LogP contribution < -0.4 is 18.9 Å². The molecule has 12 nitrogen and oxygen atoms in total. The maximum Gasteiger partial charge on any atom is 0.336 e. The van der Waals surface area contributed by atoms with Crippen molar-refractivity contribution in [3.63, 3.8) is 0 Å². The van der Waals surface area contributed by atoms with Crippen molar-refractivity contribution >= 4 is 39.5 Å². The highest BCUT2D eigenvalue weighted by molar-refractivity contribution is 6.13. The number of hydrogen-bond donors (Lipinski definition) is 4. The predicted octanol–water partition coefficient (Wildman–Crippen LogP) is 3.30. The topological polar surface area (TPSA) is 172 Å². The molecule has 2 aliphatic heterocycles. The third-order valence-corrected chi connectivity index (χ3v) is 7.94. The highest BCUT2D eigenvalue weighted by Gasteiger charge is 2.40. The van der Waals surface area contributed by atoms with Crippen molar-refractivity contribution in [1.29, 1.82) is 0 Å². The summed E-state index contributed by atoms with van der Waals surface area (Å²) in [6, 6.07) is 9.12. The van der Waals surface area contributed by atoms with Gasteiger partial charge in [-0.1, -0.05) is 0 Å². The third kappa shape index (κ3) is 5.86. The molecule has 4 N–H and O–H groups in total. The number of fused-ring (bicyclic) bond motifs is 7. The van der Waals surface area contributed by atoms with Crippen molar-refractivity contribution in [3.05, 3.63) is 35.4 Å². The molecule has 1 fully saturated rings. The van der Waals surface area contributed by atoms with Crippen LogP contribution in [0.15, 0.2) is 24.3 Å². The van der Waals surface area contributed by atoms with Gasteiger partial charge in [0.05, 0.1) is 41.3 Å². The van der Waals surface area contributed by atoms with Crippen LogP contribution in [0.5, 0.6) is 23.0 Å². The van der Waals surface area contributed by atoms with E-state index in [1.165, 1.54) is 46.7 Å². The number of carboxylic acids is 3. The second kappa shape index (κ2) is 12.3. The number of aliphatic carboxylic acids is 3. The molecule has 5 rings (SSSR count). The summed E-state index contributed by atoms with van der Waals surface area (Å²) in [7, 11) is 6.76. The van der Waals surface area contributed by atoms with E-state index in [0.29, 0.717) is 6.04 Å². The van der Waals surface area contributed by atoms with Crippen molar-refractivity contribution in [2.45, 2.75) is 50.3 Å². The molecule has 2 aliphatic rings. The van der Waals surface area contributed by atoms with E-state index in [-0.39, 0.29) is 0 Å². The summed E-state index contributed by atoms with van der Waals surface area (Å²) in [6.45, 7) is 2.17. The summed E-state index contributed by atoms with van der Waals surface area (Å²) in [4.78, 5) is 33.1. The molecule has 1 unspecified atom stereocenters. The first-order valence-corrected chi connectivity index (χ1v) is 13.3. The standard InChI is InChI=1S/C24H27NO4.C6H8O7/c1-26-21-9-16-15-8-14-6-5-7-25(14)13-20(15)19-12-24(29-4)23(28-3)11-18(19)17(16)10-22(21)27-2;7-3(8)1-6(13,5(11)12)2-4(9)10/h9-12,14H,5-8,13H2,1-4H3;13H,1-2H2,(H,7,8)(H,9,10)(H,11,12). The Morgan fingerprint density at radius 2 is 1.19 bits per heavy atom. The van der Waals surface area contributed by atoms with E-state index in [9.17, 15) is 14.4 Å². The number of nitrogens with zero attached hydrogens (tertiary/aromatic N) is 1. The number of ether oxygens (including phenoxy) is 4. The maximum absolute atomic E-state index is 10.3. The lowest BCUT2D eigenvalue weighted by molar-refractivity contribution is -0.170.